The third-order valence-corrected chi connectivity index (χ3v) is 3.98. The molecule has 0 spiro atoms. The molecule has 100 valence electrons. The van der Waals surface area contributed by atoms with Crippen molar-refractivity contribution < 1.29 is 4.79 Å². The van der Waals surface area contributed by atoms with E-state index in [-0.39, 0.29) is 5.91 Å². The van der Waals surface area contributed by atoms with Crippen LogP contribution in [0.3, 0.4) is 0 Å². The maximum Gasteiger partial charge on any atom is 0.264 e. The first-order chi connectivity index (χ1) is 9.01. The Morgan fingerprint density at radius 3 is 2.79 bits per heavy atom. The molecule has 0 atom stereocenters. The van der Waals surface area contributed by atoms with Crippen LogP contribution in [0.1, 0.15) is 23.5 Å². The number of hydrogen-bond donors (Lipinski definition) is 1. The van der Waals surface area contributed by atoms with E-state index < -0.39 is 0 Å². The van der Waals surface area contributed by atoms with E-state index in [1.807, 2.05) is 38.1 Å². The minimum Gasteiger partial charge on any atom is -0.399 e. The smallest absolute Gasteiger partial charge is 0.264 e. The van der Waals surface area contributed by atoms with Gasteiger partial charge in [0.15, 0.2) is 0 Å². The molecule has 0 unspecified atom stereocenters. The van der Waals surface area contributed by atoms with Crippen LogP contribution >= 0.6 is 11.3 Å². The van der Waals surface area contributed by atoms with Gasteiger partial charge in [-0.1, -0.05) is 12.2 Å². The average Bonchev–Trinajstić information content (AvgIpc) is 2.77. The number of likely N-dealkylation sites (N-methyl/N-ethyl adjacent to an activating group) is 1. The van der Waals surface area contributed by atoms with Crippen molar-refractivity contribution in [2.75, 3.05) is 18.8 Å². The number of thiophene rings is 1. The fourth-order valence-electron chi connectivity index (χ4n) is 1.98. The van der Waals surface area contributed by atoms with Crippen molar-refractivity contribution in [1.82, 2.24) is 4.90 Å². The van der Waals surface area contributed by atoms with E-state index in [1.165, 1.54) is 11.3 Å². The SMILES string of the molecule is C=C(C)CN(CC)C(=O)c1cc2cc(N)ccc2s1. The van der Waals surface area contributed by atoms with Gasteiger partial charge < -0.3 is 10.6 Å². The Bertz CT molecular complexity index is 630. The van der Waals surface area contributed by atoms with Crippen molar-refractivity contribution in [3.05, 3.63) is 41.3 Å². The topological polar surface area (TPSA) is 46.3 Å². The molecule has 0 bridgehead atoms. The molecular formula is C15H18N2OS. The van der Waals surface area contributed by atoms with Gasteiger partial charge in [0.1, 0.15) is 0 Å². The Kier molecular flexibility index (Phi) is 3.90. The molecule has 2 rings (SSSR count). The van der Waals surface area contributed by atoms with E-state index in [1.54, 1.807) is 4.90 Å². The second-order valence-electron chi connectivity index (χ2n) is 4.68. The molecule has 19 heavy (non-hydrogen) atoms. The van der Waals surface area contributed by atoms with Gasteiger partial charge in [-0.05, 0) is 43.5 Å². The zero-order valence-corrected chi connectivity index (χ0v) is 12.1. The van der Waals surface area contributed by atoms with Crippen LogP contribution < -0.4 is 5.73 Å². The molecule has 1 aromatic heterocycles. The lowest BCUT2D eigenvalue weighted by Gasteiger charge is -2.19. The second-order valence-corrected chi connectivity index (χ2v) is 5.77. The quantitative estimate of drug-likeness (QED) is 0.685. The van der Waals surface area contributed by atoms with Crippen LogP contribution in [0.5, 0.6) is 0 Å². The summed E-state index contributed by atoms with van der Waals surface area (Å²) >= 11 is 1.51. The summed E-state index contributed by atoms with van der Waals surface area (Å²) < 4.78 is 1.09. The average molecular weight is 274 g/mol. The van der Waals surface area contributed by atoms with Crippen LogP contribution in [0.2, 0.25) is 0 Å². The monoisotopic (exact) mass is 274 g/mol. The summed E-state index contributed by atoms with van der Waals surface area (Å²) in [6.45, 7) is 9.06. The predicted molar refractivity (Wildman–Crippen MR) is 82.6 cm³/mol. The fraction of sp³-hybridized carbons (Fsp3) is 0.267. The maximum atomic E-state index is 12.4. The van der Waals surface area contributed by atoms with E-state index in [9.17, 15) is 4.79 Å². The molecule has 0 fully saturated rings. The first kappa shape index (κ1) is 13.6. The summed E-state index contributed by atoms with van der Waals surface area (Å²) in [5, 5.41) is 1.03. The van der Waals surface area contributed by atoms with Gasteiger partial charge in [-0.2, -0.15) is 0 Å². The zero-order valence-electron chi connectivity index (χ0n) is 11.3. The van der Waals surface area contributed by atoms with Crippen LogP contribution in [0.15, 0.2) is 36.4 Å². The number of carbonyl (C=O) groups excluding carboxylic acids is 1. The lowest BCUT2D eigenvalue weighted by Crippen LogP contribution is -2.31. The molecule has 1 heterocycles. The molecule has 0 saturated heterocycles. The summed E-state index contributed by atoms with van der Waals surface area (Å²) in [5.74, 6) is 0.0604. The van der Waals surface area contributed by atoms with Crippen molar-refractivity contribution >= 4 is 33.0 Å². The molecule has 0 saturated carbocycles. The number of hydrogen-bond acceptors (Lipinski definition) is 3. The Morgan fingerprint density at radius 1 is 1.42 bits per heavy atom. The standard InChI is InChI=1S/C15H18N2OS/c1-4-17(9-10(2)3)15(18)14-8-11-7-12(16)5-6-13(11)19-14/h5-8H,2,4,9,16H2,1,3H3. The number of anilines is 1. The van der Waals surface area contributed by atoms with Gasteiger partial charge in [-0.15, -0.1) is 11.3 Å². The van der Waals surface area contributed by atoms with E-state index >= 15 is 0 Å². The highest BCUT2D eigenvalue weighted by Gasteiger charge is 2.16. The summed E-state index contributed by atoms with van der Waals surface area (Å²) in [7, 11) is 0. The molecule has 0 aliphatic heterocycles. The third kappa shape index (κ3) is 2.96. The third-order valence-electron chi connectivity index (χ3n) is 2.88. The number of nitrogen functional groups attached to an aromatic ring is 1. The lowest BCUT2D eigenvalue weighted by atomic mass is 10.2. The van der Waals surface area contributed by atoms with Crippen molar-refractivity contribution in [1.29, 1.82) is 0 Å². The van der Waals surface area contributed by atoms with Crippen molar-refractivity contribution in [3.63, 3.8) is 0 Å². The van der Waals surface area contributed by atoms with Gasteiger partial charge in [0, 0.05) is 23.5 Å². The van der Waals surface area contributed by atoms with Gasteiger partial charge in [-0.25, -0.2) is 0 Å². The number of nitrogens with zero attached hydrogens (tertiary/aromatic N) is 1. The van der Waals surface area contributed by atoms with Gasteiger partial charge >= 0.3 is 0 Å². The molecule has 2 N–H and O–H groups in total. The molecule has 1 amide bonds. The van der Waals surface area contributed by atoms with E-state index in [4.69, 9.17) is 5.73 Å². The van der Waals surface area contributed by atoms with Crippen LogP contribution in [0.4, 0.5) is 5.69 Å². The van der Waals surface area contributed by atoms with E-state index in [2.05, 4.69) is 6.58 Å². The fourth-order valence-corrected chi connectivity index (χ4v) is 2.99. The number of rotatable bonds is 4. The molecule has 0 aliphatic carbocycles. The Hall–Kier alpha value is -1.81. The van der Waals surface area contributed by atoms with Crippen LogP contribution in [-0.4, -0.2) is 23.9 Å². The predicted octanol–water partition coefficient (Wildman–Crippen LogP) is 3.52. The number of benzene rings is 1. The highest BCUT2D eigenvalue weighted by atomic mass is 32.1. The van der Waals surface area contributed by atoms with Gasteiger partial charge in [-0.3, -0.25) is 4.79 Å². The minimum atomic E-state index is 0.0604. The van der Waals surface area contributed by atoms with Gasteiger partial charge in [0.2, 0.25) is 0 Å². The maximum absolute atomic E-state index is 12.4. The number of fused-ring (bicyclic) bond motifs is 1. The number of nitrogens with two attached hydrogens (primary N) is 1. The Labute approximate surface area is 117 Å². The molecule has 4 heteroatoms. The molecule has 1 aromatic carbocycles. The van der Waals surface area contributed by atoms with Crippen molar-refractivity contribution in [2.24, 2.45) is 0 Å². The lowest BCUT2D eigenvalue weighted by molar-refractivity contribution is 0.0783. The summed E-state index contributed by atoms with van der Waals surface area (Å²) in [4.78, 5) is 15.0. The molecule has 0 aliphatic rings. The Balaban J connectivity index is 2.32. The van der Waals surface area contributed by atoms with Crippen LogP contribution in [0, 0.1) is 0 Å². The van der Waals surface area contributed by atoms with Crippen LogP contribution in [0.25, 0.3) is 10.1 Å². The van der Waals surface area contributed by atoms with E-state index in [0.717, 1.165) is 26.2 Å². The number of amides is 1. The molecular weight excluding hydrogens is 256 g/mol. The van der Waals surface area contributed by atoms with Crippen molar-refractivity contribution in [2.45, 2.75) is 13.8 Å². The normalized spacial score (nSPS) is 10.6. The summed E-state index contributed by atoms with van der Waals surface area (Å²) in [5.41, 5.74) is 7.47. The molecule has 0 radical (unpaired) electrons. The minimum absolute atomic E-state index is 0.0604. The van der Waals surface area contributed by atoms with E-state index in [0.29, 0.717) is 13.1 Å². The highest BCUT2D eigenvalue weighted by molar-refractivity contribution is 7.20. The highest BCUT2D eigenvalue weighted by Crippen LogP contribution is 2.28. The first-order valence-electron chi connectivity index (χ1n) is 6.24. The van der Waals surface area contributed by atoms with Crippen molar-refractivity contribution in [3.8, 4) is 0 Å². The zero-order chi connectivity index (χ0) is 14.0. The molecule has 3 nitrogen and oxygen atoms in total. The summed E-state index contributed by atoms with van der Waals surface area (Å²) in [6, 6.07) is 7.64. The number of carbonyl (C=O) groups is 1. The first-order valence-corrected chi connectivity index (χ1v) is 7.05. The van der Waals surface area contributed by atoms with Crippen LogP contribution in [-0.2, 0) is 0 Å². The van der Waals surface area contributed by atoms with Gasteiger partial charge in [0.05, 0.1) is 4.88 Å². The summed E-state index contributed by atoms with van der Waals surface area (Å²) in [6.07, 6.45) is 0. The Morgan fingerprint density at radius 2 is 2.16 bits per heavy atom. The van der Waals surface area contributed by atoms with Gasteiger partial charge in [0.25, 0.3) is 5.91 Å². The second kappa shape index (κ2) is 5.45. The largest absolute Gasteiger partial charge is 0.399 e. The molecule has 2 aromatic rings.